The third kappa shape index (κ3) is 3.40. The molecule has 0 aliphatic heterocycles. The van der Waals surface area contributed by atoms with Crippen molar-refractivity contribution in [1.29, 1.82) is 0 Å². The molecule has 1 aliphatic carbocycles. The minimum absolute atomic E-state index is 0.0699. The van der Waals surface area contributed by atoms with Crippen molar-refractivity contribution >= 4 is 5.91 Å². The quantitative estimate of drug-likeness (QED) is 0.848. The number of carbonyl (C=O) groups excluding carboxylic acids is 1. The van der Waals surface area contributed by atoms with Crippen LogP contribution in [0, 0.1) is 5.92 Å². The molecule has 16 heavy (non-hydrogen) atoms. The molecule has 1 aromatic rings. The number of hydrogen-bond donors (Lipinski definition) is 1. The Labute approximate surface area is 96.2 Å². The molecule has 3 heteroatoms. The van der Waals surface area contributed by atoms with Crippen LogP contribution in [0.5, 0.6) is 0 Å². The second-order valence-corrected chi connectivity index (χ2v) is 4.56. The van der Waals surface area contributed by atoms with Gasteiger partial charge in [-0.2, -0.15) is 0 Å². The Balaban J connectivity index is 1.67. The molecule has 1 heterocycles. The highest BCUT2D eigenvalue weighted by Crippen LogP contribution is 2.22. The summed E-state index contributed by atoms with van der Waals surface area (Å²) >= 11 is 0. The summed E-state index contributed by atoms with van der Waals surface area (Å²) in [5.41, 5.74) is 0. The van der Waals surface area contributed by atoms with Gasteiger partial charge in [-0.15, -0.1) is 0 Å². The molecule has 0 bridgehead atoms. The van der Waals surface area contributed by atoms with Gasteiger partial charge in [0.15, 0.2) is 0 Å². The molecule has 0 unspecified atom stereocenters. The predicted molar refractivity (Wildman–Crippen MR) is 62.0 cm³/mol. The van der Waals surface area contributed by atoms with Gasteiger partial charge in [0, 0.05) is 6.54 Å². The zero-order valence-corrected chi connectivity index (χ0v) is 9.58. The Morgan fingerprint density at radius 1 is 1.38 bits per heavy atom. The molecule has 0 radical (unpaired) electrons. The van der Waals surface area contributed by atoms with Crippen LogP contribution in [0.2, 0.25) is 0 Å². The van der Waals surface area contributed by atoms with E-state index in [0.29, 0.717) is 12.3 Å². The summed E-state index contributed by atoms with van der Waals surface area (Å²) in [6.45, 7) is 0.833. The van der Waals surface area contributed by atoms with Crippen LogP contribution in [-0.4, -0.2) is 12.5 Å². The van der Waals surface area contributed by atoms with Crippen LogP contribution in [0.15, 0.2) is 22.8 Å². The topological polar surface area (TPSA) is 42.2 Å². The van der Waals surface area contributed by atoms with E-state index < -0.39 is 0 Å². The molecular weight excluding hydrogens is 202 g/mol. The molecule has 0 aromatic carbocycles. The average molecular weight is 221 g/mol. The lowest BCUT2D eigenvalue weighted by atomic mass is 9.89. The minimum Gasteiger partial charge on any atom is -0.469 e. The lowest BCUT2D eigenvalue weighted by Gasteiger charge is -2.21. The van der Waals surface area contributed by atoms with Crippen molar-refractivity contribution in [2.75, 3.05) is 6.54 Å². The van der Waals surface area contributed by atoms with Gasteiger partial charge in [0.1, 0.15) is 5.76 Å². The standard InChI is InChI=1S/C13H19NO2/c15-13(9-12-7-4-8-16-12)14-10-11-5-2-1-3-6-11/h4,7-8,11H,1-3,5-6,9-10H2,(H,14,15). The predicted octanol–water partition coefficient (Wildman–Crippen LogP) is 2.52. The van der Waals surface area contributed by atoms with E-state index in [-0.39, 0.29) is 5.91 Å². The Hall–Kier alpha value is -1.25. The van der Waals surface area contributed by atoms with Gasteiger partial charge in [-0.1, -0.05) is 19.3 Å². The fourth-order valence-electron chi connectivity index (χ4n) is 2.28. The van der Waals surface area contributed by atoms with Gasteiger partial charge in [-0.3, -0.25) is 4.79 Å². The Morgan fingerprint density at radius 2 is 2.19 bits per heavy atom. The van der Waals surface area contributed by atoms with Crippen molar-refractivity contribution in [2.45, 2.75) is 38.5 Å². The summed E-state index contributed by atoms with van der Waals surface area (Å²) in [6.07, 6.45) is 8.49. The first-order valence-corrected chi connectivity index (χ1v) is 6.13. The normalized spacial score (nSPS) is 17.2. The van der Waals surface area contributed by atoms with Gasteiger partial charge >= 0.3 is 0 Å². The Kier molecular flexibility index (Phi) is 4.03. The van der Waals surface area contributed by atoms with Crippen LogP contribution < -0.4 is 5.32 Å². The molecule has 1 N–H and O–H groups in total. The van der Waals surface area contributed by atoms with Crippen molar-refractivity contribution in [3.63, 3.8) is 0 Å². The third-order valence-corrected chi connectivity index (χ3v) is 3.23. The van der Waals surface area contributed by atoms with Gasteiger partial charge in [-0.05, 0) is 30.9 Å². The summed E-state index contributed by atoms with van der Waals surface area (Å²) in [6, 6.07) is 3.64. The van der Waals surface area contributed by atoms with Crippen molar-refractivity contribution < 1.29 is 9.21 Å². The largest absolute Gasteiger partial charge is 0.469 e. The first kappa shape index (κ1) is 11.2. The van der Waals surface area contributed by atoms with Crippen LogP contribution in [0.4, 0.5) is 0 Å². The highest BCUT2D eigenvalue weighted by molar-refractivity contribution is 5.77. The van der Waals surface area contributed by atoms with E-state index in [2.05, 4.69) is 5.32 Å². The smallest absolute Gasteiger partial charge is 0.227 e. The van der Waals surface area contributed by atoms with Crippen LogP contribution in [0.25, 0.3) is 0 Å². The summed E-state index contributed by atoms with van der Waals surface area (Å²) in [5, 5.41) is 2.99. The first-order valence-electron chi connectivity index (χ1n) is 6.13. The average Bonchev–Trinajstić information content (AvgIpc) is 2.81. The molecule has 1 aliphatic rings. The van der Waals surface area contributed by atoms with Crippen LogP contribution in [-0.2, 0) is 11.2 Å². The van der Waals surface area contributed by atoms with E-state index in [0.717, 1.165) is 12.3 Å². The molecule has 1 saturated carbocycles. The van der Waals surface area contributed by atoms with E-state index >= 15 is 0 Å². The van der Waals surface area contributed by atoms with Gasteiger partial charge in [0.05, 0.1) is 12.7 Å². The fourth-order valence-corrected chi connectivity index (χ4v) is 2.28. The lowest BCUT2D eigenvalue weighted by molar-refractivity contribution is -0.120. The van der Waals surface area contributed by atoms with Crippen LogP contribution >= 0.6 is 0 Å². The second-order valence-electron chi connectivity index (χ2n) is 4.56. The molecule has 0 spiro atoms. The molecular formula is C13H19NO2. The maximum absolute atomic E-state index is 11.6. The fraction of sp³-hybridized carbons (Fsp3) is 0.615. The van der Waals surface area contributed by atoms with Crippen molar-refractivity contribution in [3.05, 3.63) is 24.2 Å². The molecule has 88 valence electrons. The Bertz CT molecular complexity index is 313. The van der Waals surface area contributed by atoms with Gasteiger partial charge in [0.2, 0.25) is 5.91 Å². The summed E-state index contributed by atoms with van der Waals surface area (Å²) in [5.74, 6) is 1.50. The lowest BCUT2D eigenvalue weighted by Crippen LogP contribution is -2.31. The summed E-state index contributed by atoms with van der Waals surface area (Å²) in [7, 11) is 0. The minimum atomic E-state index is 0.0699. The van der Waals surface area contributed by atoms with Crippen LogP contribution in [0.3, 0.4) is 0 Å². The summed E-state index contributed by atoms with van der Waals surface area (Å²) in [4.78, 5) is 11.6. The zero-order valence-electron chi connectivity index (χ0n) is 9.58. The van der Waals surface area contributed by atoms with Crippen molar-refractivity contribution in [3.8, 4) is 0 Å². The first-order chi connectivity index (χ1) is 7.84. The van der Waals surface area contributed by atoms with Crippen LogP contribution in [0.1, 0.15) is 37.9 Å². The van der Waals surface area contributed by atoms with E-state index in [4.69, 9.17) is 4.42 Å². The number of carbonyl (C=O) groups is 1. The molecule has 1 amide bonds. The molecule has 0 atom stereocenters. The SMILES string of the molecule is O=C(Cc1ccco1)NCC1CCCCC1. The molecule has 1 fully saturated rings. The van der Waals surface area contributed by atoms with Gasteiger partial charge in [-0.25, -0.2) is 0 Å². The van der Waals surface area contributed by atoms with E-state index in [1.54, 1.807) is 6.26 Å². The summed E-state index contributed by atoms with van der Waals surface area (Å²) < 4.78 is 5.14. The number of rotatable bonds is 4. The van der Waals surface area contributed by atoms with Gasteiger partial charge in [0.25, 0.3) is 0 Å². The van der Waals surface area contributed by atoms with E-state index in [1.165, 1.54) is 32.1 Å². The molecule has 3 nitrogen and oxygen atoms in total. The molecule has 2 rings (SSSR count). The van der Waals surface area contributed by atoms with Crippen molar-refractivity contribution in [2.24, 2.45) is 5.92 Å². The van der Waals surface area contributed by atoms with E-state index in [1.807, 2.05) is 12.1 Å². The molecule has 1 aromatic heterocycles. The Morgan fingerprint density at radius 3 is 2.88 bits per heavy atom. The maximum atomic E-state index is 11.6. The van der Waals surface area contributed by atoms with Crippen molar-refractivity contribution in [1.82, 2.24) is 5.32 Å². The number of hydrogen-bond acceptors (Lipinski definition) is 2. The number of amides is 1. The monoisotopic (exact) mass is 221 g/mol. The highest BCUT2D eigenvalue weighted by Gasteiger charge is 2.14. The van der Waals surface area contributed by atoms with E-state index in [9.17, 15) is 4.79 Å². The maximum Gasteiger partial charge on any atom is 0.227 e. The highest BCUT2D eigenvalue weighted by atomic mass is 16.3. The zero-order chi connectivity index (χ0) is 11.2. The second kappa shape index (κ2) is 5.73. The number of furan rings is 1. The molecule has 0 saturated heterocycles. The van der Waals surface area contributed by atoms with Gasteiger partial charge < -0.3 is 9.73 Å². The number of nitrogens with one attached hydrogen (secondary N) is 1. The third-order valence-electron chi connectivity index (χ3n) is 3.23.